The van der Waals surface area contributed by atoms with Gasteiger partial charge in [-0.25, -0.2) is 0 Å². The van der Waals surface area contributed by atoms with Gasteiger partial charge in [0.2, 0.25) is 0 Å². The number of nitrogens with one attached hydrogen (secondary N) is 1. The number of halogens is 2. The van der Waals surface area contributed by atoms with Crippen molar-refractivity contribution in [3.05, 3.63) is 68.7 Å². The molecule has 2 aromatic carbocycles. The van der Waals surface area contributed by atoms with E-state index in [9.17, 15) is 4.79 Å². The van der Waals surface area contributed by atoms with E-state index in [1.165, 1.54) is 16.7 Å². The van der Waals surface area contributed by atoms with Crippen molar-refractivity contribution < 1.29 is 4.79 Å². The second-order valence-corrected chi connectivity index (χ2v) is 7.14. The SMILES string of the molecule is Cc1cccc2c1C[C@H](CNC(=O)c1ccc(Cl)c(Cl)c1)N(C)C2. The summed E-state index contributed by atoms with van der Waals surface area (Å²) in [7, 11) is 2.10. The third-order valence-corrected chi connectivity index (χ3v) is 5.41. The largest absolute Gasteiger partial charge is 0.350 e. The number of fused-ring (bicyclic) bond motifs is 1. The number of likely N-dealkylation sites (N-methyl/N-ethyl adjacent to an activating group) is 1. The van der Waals surface area contributed by atoms with E-state index in [1.807, 2.05) is 0 Å². The zero-order valence-corrected chi connectivity index (χ0v) is 15.3. The summed E-state index contributed by atoms with van der Waals surface area (Å²) in [5.41, 5.74) is 4.63. The van der Waals surface area contributed by atoms with Crippen LogP contribution in [0.3, 0.4) is 0 Å². The van der Waals surface area contributed by atoms with Crippen molar-refractivity contribution in [2.75, 3.05) is 13.6 Å². The molecule has 0 spiro atoms. The summed E-state index contributed by atoms with van der Waals surface area (Å²) in [5, 5.41) is 3.86. The van der Waals surface area contributed by atoms with Gasteiger partial charge in [-0.15, -0.1) is 0 Å². The standard InChI is InChI=1S/C19H20Cl2N2O/c1-12-4-3-5-14-11-23(2)15(9-16(12)14)10-22-19(24)13-6-7-17(20)18(21)8-13/h3-8,15H,9-11H2,1-2H3,(H,22,24)/t15-/m1/s1. The fourth-order valence-electron chi connectivity index (χ4n) is 3.17. The first-order chi connectivity index (χ1) is 11.5. The average Bonchev–Trinajstić information content (AvgIpc) is 2.55. The molecule has 1 N–H and O–H groups in total. The number of hydrogen-bond acceptors (Lipinski definition) is 2. The summed E-state index contributed by atoms with van der Waals surface area (Å²) in [5.74, 6) is -0.127. The van der Waals surface area contributed by atoms with Crippen molar-refractivity contribution in [1.29, 1.82) is 0 Å². The van der Waals surface area contributed by atoms with Gasteiger partial charge in [-0.05, 0) is 55.3 Å². The third kappa shape index (κ3) is 3.59. The summed E-state index contributed by atoms with van der Waals surface area (Å²) in [6.07, 6.45) is 0.945. The molecule has 2 aromatic rings. The number of nitrogens with zero attached hydrogens (tertiary/aromatic N) is 1. The van der Waals surface area contributed by atoms with Gasteiger partial charge >= 0.3 is 0 Å². The van der Waals surface area contributed by atoms with Crippen LogP contribution in [-0.2, 0) is 13.0 Å². The van der Waals surface area contributed by atoms with Crippen LogP contribution in [0.1, 0.15) is 27.0 Å². The second-order valence-electron chi connectivity index (χ2n) is 6.32. The van der Waals surface area contributed by atoms with E-state index in [2.05, 4.69) is 42.4 Å². The fraction of sp³-hybridized carbons (Fsp3) is 0.316. The highest BCUT2D eigenvalue weighted by Crippen LogP contribution is 2.25. The van der Waals surface area contributed by atoms with Gasteiger partial charge in [0.05, 0.1) is 10.0 Å². The van der Waals surface area contributed by atoms with Crippen LogP contribution in [-0.4, -0.2) is 30.4 Å². The molecule has 1 amide bonds. The van der Waals surface area contributed by atoms with E-state index in [4.69, 9.17) is 23.2 Å². The van der Waals surface area contributed by atoms with Crippen molar-refractivity contribution in [2.24, 2.45) is 0 Å². The molecule has 1 atom stereocenters. The van der Waals surface area contributed by atoms with Gasteiger partial charge in [0.15, 0.2) is 0 Å². The molecule has 0 fully saturated rings. The van der Waals surface area contributed by atoms with Crippen LogP contribution >= 0.6 is 23.2 Å². The van der Waals surface area contributed by atoms with E-state index in [-0.39, 0.29) is 11.9 Å². The summed E-state index contributed by atoms with van der Waals surface area (Å²) in [4.78, 5) is 14.6. The molecule has 1 heterocycles. The summed E-state index contributed by atoms with van der Waals surface area (Å²) in [6, 6.07) is 11.7. The minimum absolute atomic E-state index is 0.127. The summed E-state index contributed by atoms with van der Waals surface area (Å²) < 4.78 is 0. The van der Waals surface area contributed by atoms with E-state index >= 15 is 0 Å². The molecule has 126 valence electrons. The first kappa shape index (κ1) is 17.3. The fourth-order valence-corrected chi connectivity index (χ4v) is 3.47. The minimum Gasteiger partial charge on any atom is -0.350 e. The number of carbonyl (C=O) groups is 1. The highest BCUT2D eigenvalue weighted by atomic mass is 35.5. The van der Waals surface area contributed by atoms with E-state index in [0.717, 1.165) is 13.0 Å². The average molecular weight is 363 g/mol. The Morgan fingerprint density at radius 2 is 2.04 bits per heavy atom. The van der Waals surface area contributed by atoms with Gasteiger partial charge in [0, 0.05) is 24.7 Å². The van der Waals surface area contributed by atoms with Crippen molar-refractivity contribution in [3.8, 4) is 0 Å². The lowest BCUT2D eigenvalue weighted by molar-refractivity contribution is 0.0934. The van der Waals surface area contributed by atoms with Crippen LogP contribution in [0.4, 0.5) is 0 Å². The van der Waals surface area contributed by atoms with E-state index < -0.39 is 0 Å². The Hall–Kier alpha value is -1.55. The maximum absolute atomic E-state index is 12.3. The molecule has 1 aliphatic heterocycles. The van der Waals surface area contributed by atoms with Crippen LogP contribution in [0, 0.1) is 6.92 Å². The first-order valence-electron chi connectivity index (χ1n) is 7.96. The normalized spacial score (nSPS) is 17.4. The number of amides is 1. The molecule has 0 aliphatic carbocycles. The second kappa shape index (κ2) is 7.14. The molecule has 0 aromatic heterocycles. The van der Waals surface area contributed by atoms with Crippen molar-refractivity contribution in [2.45, 2.75) is 25.9 Å². The monoisotopic (exact) mass is 362 g/mol. The predicted octanol–water partition coefficient (Wildman–Crippen LogP) is 4.09. The van der Waals surface area contributed by atoms with Gasteiger partial charge in [-0.3, -0.25) is 9.69 Å². The number of rotatable bonds is 3. The van der Waals surface area contributed by atoms with Crippen molar-refractivity contribution >= 4 is 29.1 Å². The molecular formula is C19H20Cl2N2O. The Kier molecular flexibility index (Phi) is 5.14. The Morgan fingerprint density at radius 1 is 1.25 bits per heavy atom. The van der Waals surface area contributed by atoms with Gasteiger partial charge in [0.25, 0.3) is 5.91 Å². The smallest absolute Gasteiger partial charge is 0.251 e. The van der Waals surface area contributed by atoms with Crippen LogP contribution in [0.5, 0.6) is 0 Å². The maximum atomic E-state index is 12.3. The Bertz CT molecular complexity index is 776. The lowest BCUT2D eigenvalue weighted by atomic mass is 9.91. The molecule has 0 bridgehead atoms. The van der Waals surface area contributed by atoms with Gasteiger partial charge in [-0.1, -0.05) is 41.4 Å². The zero-order valence-electron chi connectivity index (χ0n) is 13.8. The summed E-state index contributed by atoms with van der Waals surface area (Å²) >= 11 is 11.9. The molecule has 0 unspecified atom stereocenters. The lowest BCUT2D eigenvalue weighted by Crippen LogP contribution is -2.45. The van der Waals surface area contributed by atoms with Crippen molar-refractivity contribution in [3.63, 3.8) is 0 Å². The molecule has 24 heavy (non-hydrogen) atoms. The van der Waals surface area contributed by atoms with Crippen LogP contribution < -0.4 is 5.32 Å². The molecule has 0 radical (unpaired) electrons. The number of benzene rings is 2. The highest BCUT2D eigenvalue weighted by Gasteiger charge is 2.24. The number of hydrogen-bond donors (Lipinski definition) is 1. The third-order valence-electron chi connectivity index (χ3n) is 4.67. The highest BCUT2D eigenvalue weighted by molar-refractivity contribution is 6.42. The Morgan fingerprint density at radius 3 is 2.79 bits per heavy atom. The van der Waals surface area contributed by atoms with E-state index in [0.29, 0.717) is 22.2 Å². The molecule has 3 nitrogen and oxygen atoms in total. The van der Waals surface area contributed by atoms with Gasteiger partial charge in [0.1, 0.15) is 0 Å². The quantitative estimate of drug-likeness (QED) is 0.891. The van der Waals surface area contributed by atoms with Gasteiger partial charge in [-0.2, -0.15) is 0 Å². The Balaban J connectivity index is 1.67. The zero-order chi connectivity index (χ0) is 17.3. The maximum Gasteiger partial charge on any atom is 0.251 e. The molecule has 5 heteroatoms. The molecule has 3 rings (SSSR count). The molecular weight excluding hydrogens is 343 g/mol. The van der Waals surface area contributed by atoms with Gasteiger partial charge < -0.3 is 5.32 Å². The molecule has 0 saturated carbocycles. The van der Waals surface area contributed by atoms with E-state index in [1.54, 1.807) is 18.2 Å². The topological polar surface area (TPSA) is 32.3 Å². The first-order valence-corrected chi connectivity index (χ1v) is 8.72. The minimum atomic E-state index is -0.127. The van der Waals surface area contributed by atoms with Crippen molar-refractivity contribution in [1.82, 2.24) is 10.2 Å². The van der Waals surface area contributed by atoms with Crippen LogP contribution in [0.25, 0.3) is 0 Å². The Labute approximate surface area is 152 Å². The summed E-state index contributed by atoms with van der Waals surface area (Å²) in [6.45, 7) is 3.66. The predicted molar refractivity (Wildman–Crippen MR) is 98.9 cm³/mol. The van der Waals surface area contributed by atoms with Crippen LogP contribution in [0.15, 0.2) is 36.4 Å². The number of aryl methyl sites for hydroxylation is 1. The number of carbonyl (C=O) groups excluding carboxylic acids is 1. The lowest BCUT2D eigenvalue weighted by Gasteiger charge is -2.35. The molecule has 1 aliphatic rings. The van der Waals surface area contributed by atoms with Crippen LogP contribution in [0.2, 0.25) is 10.0 Å². The molecule has 0 saturated heterocycles.